The molecule has 2 aliphatic rings. The molecule has 1 aromatic carbocycles. The summed E-state index contributed by atoms with van der Waals surface area (Å²) in [5, 5.41) is 0. The van der Waals surface area contributed by atoms with Gasteiger partial charge >= 0.3 is 0 Å². The lowest BCUT2D eigenvalue weighted by Crippen LogP contribution is -2.38. The van der Waals surface area contributed by atoms with Crippen LogP contribution in [0, 0.1) is 6.92 Å². The average molecular weight is 335 g/mol. The third kappa shape index (κ3) is 3.12. The van der Waals surface area contributed by atoms with Crippen LogP contribution < -0.4 is 9.80 Å². The molecule has 0 spiro atoms. The van der Waals surface area contributed by atoms with Crippen molar-refractivity contribution < 1.29 is 0 Å². The number of hydrogen-bond acceptors (Lipinski definition) is 3. The number of rotatable bonds is 3. The van der Waals surface area contributed by atoms with Crippen LogP contribution >= 0.6 is 0 Å². The molecule has 3 heteroatoms. The molecule has 1 aromatic heterocycles. The molecule has 25 heavy (non-hydrogen) atoms. The molecular weight excluding hydrogens is 306 g/mol. The molecular formula is C22H29N3. The van der Waals surface area contributed by atoms with E-state index in [1.165, 1.54) is 49.0 Å². The highest BCUT2D eigenvalue weighted by Gasteiger charge is 2.33. The molecule has 0 amide bonds. The van der Waals surface area contributed by atoms with Crippen molar-refractivity contribution in [3.05, 3.63) is 47.7 Å². The number of fused-ring (bicyclic) bond motifs is 1. The number of nitrogens with zero attached hydrogens (tertiary/aromatic N) is 3. The second kappa shape index (κ2) is 6.70. The maximum absolute atomic E-state index is 4.92. The van der Waals surface area contributed by atoms with Gasteiger partial charge in [-0.05, 0) is 55.5 Å². The maximum Gasteiger partial charge on any atom is 0.158 e. The van der Waals surface area contributed by atoms with Crippen LogP contribution in [0.15, 0.2) is 36.4 Å². The van der Waals surface area contributed by atoms with Gasteiger partial charge in [0.1, 0.15) is 0 Å². The summed E-state index contributed by atoms with van der Waals surface area (Å²) in [5.41, 5.74) is 5.06. The summed E-state index contributed by atoms with van der Waals surface area (Å²) in [6, 6.07) is 14.1. The molecule has 0 bridgehead atoms. The minimum atomic E-state index is 0.543. The Bertz CT molecular complexity index is 747. The molecule has 2 heterocycles. The van der Waals surface area contributed by atoms with Crippen molar-refractivity contribution >= 4 is 17.2 Å². The monoisotopic (exact) mass is 335 g/mol. The zero-order chi connectivity index (χ0) is 17.4. The first-order valence-electron chi connectivity index (χ1n) is 9.75. The number of aryl methyl sites for hydroxylation is 1. The van der Waals surface area contributed by atoms with E-state index in [1.807, 2.05) is 0 Å². The van der Waals surface area contributed by atoms with Gasteiger partial charge in [-0.2, -0.15) is 0 Å². The molecule has 1 saturated carbocycles. The SMILES string of the molecule is Cc1ccc2c(n1)N(c1cccc(C(C)C)c1)CN2C1CCCCC1. The standard InChI is InChI=1S/C22H29N3/c1-16(2)18-8-7-11-20(14-18)25-15-24(19-9-5-4-6-10-19)21-13-12-17(3)23-22(21)25/h7-8,11-14,16,19H,4-6,9-10,15H2,1-3H3. The van der Waals surface area contributed by atoms with Gasteiger partial charge in [-0.1, -0.05) is 45.2 Å². The summed E-state index contributed by atoms with van der Waals surface area (Å²) in [7, 11) is 0. The highest BCUT2D eigenvalue weighted by molar-refractivity contribution is 5.80. The van der Waals surface area contributed by atoms with Crippen LogP contribution in [-0.4, -0.2) is 17.7 Å². The third-order valence-electron chi connectivity index (χ3n) is 5.72. The van der Waals surface area contributed by atoms with Gasteiger partial charge in [0.2, 0.25) is 0 Å². The molecule has 1 aliphatic carbocycles. The zero-order valence-electron chi connectivity index (χ0n) is 15.7. The van der Waals surface area contributed by atoms with Gasteiger partial charge in [0.05, 0.1) is 12.4 Å². The summed E-state index contributed by atoms with van der Waals surface area (Å²) in [6.45, 7) is 7.53. The van der Waals surface area contributed by atoms with E-state index in [0.717, 1.165) is 18.2 Å². The summed E-state index contributed by atoms with van der Waals surface area (Å²) >= 11 is 0. The van der Waals surface area contributed by atoms with Gasteiger partial charge in [-0.3, -0.25) is 0 Å². The molecule has 0 N–H and O–H groups in total. The number of benzene rings is 1. The van der Waals surface area contributed by atoms with Gasteiger partial charge in [0.15, 0.2) is 5.82 Å². The zero-order valence-corrected chi connectivity index (χ0v) is 15.7. The van der Waals surface area contributed by atoms with E-state index in [2.05, 4.69) is 67.0 Å². The van der Waals surface area contributed by atoms with Gasteiger partial charge in [-0.15, -0.1) is 0 Å². The van der Waals surface area contributed by atoms with Crippen molar-refractivity contribution in [2.24, 2.45) is 0 Å². The second-order valence-electron chi connectivity index (χ2n) is 7.88. The normalized spacial score (nSPS) is 18.1. The number of aromatic nitrogens is 1. The van der Waals surface area contributed by atoms with E-state index in [9.17, 15) is 0 Å². The molecule has 0 atom stereocenters. The van der Waals surface area contributed by atoms with Crippen molar-refractivity contribution in [3.8, 4) is 0 Å². The maximum atomic E-state index is 4.92. The highest BCUT2D eigenvalue weighted by atomic mass is 15.4. The topological polar surface area (TPSA) is 19.4 Å². The minimum Gasteiger partial charge on any atom is -0.347 e. The average Bonchev–Trinajstić information content (AvgIpc) is 3.01. The van der Waals surface area contributed by atoms with Gasteiger partial charge in [-0.25, -0.2) is 4.98 Å². The molecule has 2 aromatic rings. The first-order valence-corrected chi connectivity index (χ1v) is 9.75. The van der Waals surface area contributed by atoms with E-state index in [-0.39, 0.29) is 0 Å². The number of anilines is 3. The van der Waals surface area contributed by atoms with E-state index in [1.54, 1.807) is 0 Å². The molecule has 132 valence electrons. The van der Waals surface area contributed by atoms with Crippen LogP contribution in [0.25, 0.3) is 0 Å². The fourth-order valence-electron chi connectivity index (χ4n) is 4.21. The molecule has 3 nitrogen and oxygen atoms in total. The summed E-state index contributed by atoms with van der Waals surface area (Å²) in [5.74, 6) is 1.67. The van der Waals surface area contributed by atoms with Crippen LogP contribution in [0.3, 0.4) is 0 Å². The fraction of sp³-hybridized carbons (Fsp3) is 0.500. The van der Waals surface area contributed by atoms with Crippen LogP contribution in [0.4, 0.5) is 17.2 Å². The Morgan fingerprint density at radius 1 is 1.04 bits per heavy atom. The van der Waals surface area contributed by atoms with E-state index in [0.29, 0.717) is 12.0 Å². The van der Waals surface area contributed by atoms with Crippen molar-refractivity contribution in [2.75, 3.05) is 16.5 Å². The van der Waals surface area contributed by atoms with Crippen molar-refractivity contribution in [1.29, 1.82) is 0 Å². The number of hydrogen-bond donors (Lipinski definition) is 0. The molecule has 4 rings (SSSR count). The van der Waals surface area contributed by atoms with E-state index >= 15 is 0 Å². The Balaban J connectivity index is 1.72. The van der Waals surface area contributed by atoms with Crippen LogP contribution in [0.2, 0.25) is 0 Å². The lowest BCUT2D eigenvalue weighted by Gasteiger charge is -2.33. The Labute approximate surface area is 151 Å². The van der Waals surface area contributed by atoms with Crippen LogP contribution in [-0.2, 0) is 0 Å². The molecule has 0 radical (unpaired) electrons. The Morgan fingerprint density at radius 2 is 1.84 bits per heavy atom. The van der Waals surface area contributed by atoms with Crippen molar-refractivity contribution in [3.63, 3.8) is 0 Å². The van der Waals surface area contributed by atoms with Gasteiger partial charge in [0.25, 0.3) is 0 Å². The molecule has 1 aliphatic heterocycles. The highest BCUT2D eigenvalue weighted by Crippen LogP contribution is 2.42. The molecule has 0 saturated heterocycles. The quantitative estimate of drug-likeness (QED) is 0.710. The third-order valence-corrected chi connectivity index (χ3v) is 5.72. The largest absolute Gasteiger partial charge is 0.347 e. The lowest BCUT2D eigenvalue weighted by molar-refractivity contribution is 0.420. The summed E-state index contributed by atoms with van der Waals surface area (Å²) < 4.78 is 0. The smallest absolute Gasteiger partial charge is 0.158 e. The predicted molar refractivity (Wildman–Crippen MR) is 106 cm³/mol. The number of pyridine rings is 1. The van der Waals surface area contributed by atoms with Gasteiger partial charge in [0, 0.05) is 17.4 Å². The summed E-state index contributed by atoms with van der Waals surface area (Å²) in [6.07, 6.45) is 6.74. The Kier molecular flexibility index (Phi) is 4.41. The van der Waals surface area contributed by atoms with E-state index in [4.69, 9.17) is 4.98 Å². The second-order valence-corrected chi connectivity index (χ2v) is 7.88. The van der Waals surface area contributed by atoms with Crippen LogP contribution in [0.1, 0.15) is 63.1 Å². The predicted octanol–water partition coefficient (Wildman–Crippen LogP) is 5.76. The lowest BCUT2D eigenvalue weighted by atomic mass is 9.94. The van der Waals surface area contributed by atoms with Crippen LogP contribution in [0.5, 0.6) is 0 Å². The Morgan fingerprint density at radius 3 is 2.60 bits per heavy atom. The van der Waals surface area contributed by atoms with E-state index < -0.39 is 0 Å². The minimum absolute atomic E-state index is 0.543. The van der Waals surface area contributed by atoms with Gasteiger partial charge < -0.3 is 9.80 Å². The molecule has 0 unspecified atom stereocenters. The first kappa shape index (κ1) is 16.4. The van der Waals surface area contributed by atoms with Crippen molar-refractivity contribution in [1.82, 2.24) is 4.98 Å². The first-order chi connectivity index (χ1) is 12.1. The molecule has 1 fully saturated rings. The van der Waals surface area contributed by atoms with Crippen molar-refractivity contribution in [2.45, 2.75) is 64.8 Å². The Hall–Kier alpha value is -2.03. The summed E-state index contributed by atoms with van der Waals surface area (Å²) in [4.78, 5) is 9.92. The fourth-order valence-corrected chi connectivity index (χ4v) is 4.21.